The third-order valence-corrected chi connectivity index (χ3v) is 7.93. The van der Waals surface area contributed by atoms with Crippen LogP contribution in [0.25, 0.3) is 11.2 Å². The van der Waals surface area contributed by atoms with Crippen LogP contribution in [0.5, 0.6) is 0 Å². The second-order valence-corrected chi connectivity index (χ2v) is 10.9. The molecule has 9 nitrogen and oxygen atoms in total. The number of hydrogen-bond acceptors (Lipinski definition) is 7. The summed E-state index contributed by atoms with van der Waals surface area (Å²) in [5.41, 5.74) is 7.33. The number of aliphatic hydroxyl groups excluding tert-OH is 1. The summed E-state index contributed by atoms with van der Waals surface area (Å²) >= 11 is 19.0. The van der Waals surface area contributed by atoms with E-state index in [1.54, 1.807) is 18.3 Å². The maximum atomic E-state index is 11.7. The van der Waals surface area contributed by atoms with Crippen LogP contribution >= 0.6 is 34.8 Å². The molecule has 2 atom stereocenters. The van der Waals surface area contributed by atoms with E-state index in [1.807, 2.05) is 4.57 Å². The first kappa shape index (κ1) is 25.3. The Kier molecular flexibility index (Phi) is 7.44. The number of halogens is 3. The molecule has 2 aromatic heterocycles. The zero-order chi connectivity index (χ0) is 25.4. The highest BCUT2D eigenvalue weighted by Gasteiger charge is 2.30. The van der Waals surface area contributed by atoms with Crippen LogP contribution in [0.1, 0.15) is 57.4 Å². The lowest BCUT2D eigenvalue weighted by Gasteiger charge is -2.29. The number of amides is 1. The minimum absolute atomic E-state index is 0.0391. The molecule has 3 aromatic rings. The van der Waals surface area contributed by atoms with E-state index in [4.69, 9.17) is 50.5 Å². The van der Waals surface area contributed by atoms with Gasteiger partial charge in [0.25, 0.3) is 0 Å². The number of carbonyl (C=O) groups excluding carboxylic acids is 1. The van der Waals surface area contributed by atoms with Crippen molar-refractivity contribution >= 4 is 69.5 Å². The minimum atomic E-state index is -0.310. The second kappa shape index (κ2) is 10.6. The average molecular weight is 553 g/mol. The number of aliphatic hydroxyl groups is 1. The fourth-order valence-electron chi connectivity index (χ4n) is 5.26. The summed E-state index contributed by atoms with van der Waals surface area (Å²) < 4.78 is 2.04. The minimum Gasteiger partial charge on any atom is -0.393 e. The molecule has 0 spiro atoms. The van der Waals surface area contributed by atoms with Gasteiger partial charge in [0.15, 0.2) is 5.65 Å². The largest absolute Gasteiger partial charge is 0.393 e. The Balaban J connectivity index is 1.51. The molecular weight excluding hydrogens is 525 g/mol. The van der Waals surface area contributed by atoms with E-state index < -0.39 is 0 Å². The van der Waals surface area contributed by atoms with E-state index in [2.05, 4.69) is 15.6 Å². The number of benzene rings is 1. The predicted octanol–water partition coefficient (Wildman–Crippen LogP) is 5.46. The normalized spacial score (nSPS) is 24.6. The van der Waals surface area contributed by atoms with Crippen LogP contribution in [0, 0.1) is 5.92 Å². The summed E-state index contributed by atoms with van der Waals surface area (Å²) in [7, 11) is 0. The highest BCUT2D eigenvalue weighted by atomic mass is 35.5. The maximum Gasteiger partial charge on any atom is 0.224 e. The summed E-state index contributed by atoms with van der Waals surface area (Å²) in [6.45, 7) is 0. The van der Waals surface area contributed by atoms with Crippen molar-refractivity contribution < 1.29 is 9.90 Å². The van der Waals surface area contributed by atoms with Gasteiger partial charge < -0.3 is 21.5 Å². The van der Waals surface area contributed by atoms with Gasteiger partial charge in [-0.1, -0.05) is 34.8 Å². The molecular formula is C24H28Cl3N7O2. The number of nitrogens with zero attached hydrogens (tertiary/aromatic N) is 4. The topological polar surface area (TPSA) is 131 Å². The van der Waals surface area contributed by atoms with Crippen molar-refractivity contribution in [1.29, 1.82) is 0 Å². The Bertz CT molecular complexity index is 1250. The Morgan fingerprint density at radius 3 is 2.44 bits per heavy atom. The van der Waals surface area contributed by atoms with Crippen molar-refractivity contribution in [3.8, 4) is 0 Å². The molecule has 12 heteroatoms. The molecule has 192 valence electrons. The zero-order valence-corrected chi connectivity index (χ0v) is 21.8. The molecule has 2 fully saturated rings. The highest BCUT2D eigenvalue weighted by molar-refractivity contribution is 6.41. The summed E-state index contributed by atoms with van der Waals surface area (Å²) in [5.74, 6) is 0.628. The number of aromatic nitrogens is 4. The molecule has 5 rings (SSSR count). The molecule has 0 radical (unpaired) electrons. The monoisotopic (exact) mass is 551 g/mol. The molecule has 2 aliphatic rings. The van der Waals surface area contributed by atoms with Crippen LogP contribution in [-0.2, 0) is 4.79 Å². The second-order valence-electron chi connectivity index (χ2n) is 9.65. The molecule has 1 aromatic carbocycles. The van der Waals surface area contributed by atoms with Crippen LogP contribution in [-0.4, -0.2) is 42.7 Å². The molecule has 36 heavy (non-hydrogen) atoms. The third-order valence-electron chi connectivity index (χ3n) is 7.12. The summed E-state index contributed by atoms with van der Waals surface area (Å²) in [6, 6.07) is 3.38. The predicted molar refractivity (Wildman–Crippen MR) is 142 cm³/mol. The van der Waals surface area contributed by atoms with Gasteiger partial charge in [-0.3, -0.25) is 9.36 Å². The van der Waals surface area contributed by atoms with Crippen molar-refractivity contribution in [3.05, 3.63) is 33.4 Å². The zero-order valence-electron chi connectivity index (χ0n) is 19.6. The van der Waals surface area contributed by atoms with Gasteiger partial charge in [-0.2, -0.15) is 4.98 Å². The van der Waals surface area contributed by atoms with Crippen molar-refractivity contribution in [2.75, 3.05) is 10.6 Å². The van der Waals surface area contributed by atoms with E-state index in [0.717, 1.165) is 32.1 Å². The standard InChI is InChI=1S/C24H28Cl3N7O2/c25-13-8-17(26)20(18(27)9-13)32-24-31-19-11-29-23(30-14-2-1-3-16(35)10-14)33-22(19)34(24)15-6-4-12(5-7-15)21(28)36/h8-9,11-12,14-16,35H,1-7,10H2,(H2,28,36)(H,31,32)(H,29,30,33)/t12-,14-,15-,16+/m1/s1. The van der Waals surface area contributed by atoms with Crippen molar-refractivity contribution in [3.63, 3.8) is 0 Å². The maximum absolute atomic E-state index is 11.7. The molecule has 5 N–H and O–H groups in total. The smallest absolute Gasteiger partial charge is 0.224 e. The van der Waals surface area contributed by atoms with Gasteiger partial charge in [-0.25, -0.2) is 9.97 Å². The SMILES string of the molecule is NC(=O)[C@H]1CC[C@H](n2c(Nc3c(Cl)cc(Cl)cc3Cl)nc3cnc(N[C@@H]4CCC[C@H](O)C4)nc32)CC1. The molecule has 0 saturated heterocycles. The van der Waals surface area contributed by atoms with Crippen LogP contribution in [0.15, 0.2) is 18.3 Å². The molecule has 2 aliphatic carbocycles. The molecule has 1 amide bonds. The van der Waals surface area contributed by atoms with E-state index in [0.29, 0.717) is 63.1 Å². The summed E-state index contributed by atoms with van der Waals surface area (Å²) in [4.78, 5) is 25.8. The Morgan fingerprint density at radius 2 is 1.78 bits per heavy atom. The number of rotatable bonds is 6. The van der Waals surface area contributed by atoms with E-state index in [-0.39, 0.29) is 30.0 Å². The van der Waals surface area contributed by atoms with Gasteiger partial charge in [0, 0.05) is 23.0 Å². The number of imidazole rings is 1. The quantitative estimate of drug-likeness (QED) is 0.319. The highest BCUT2D eigenvalue weighted by Crippen LogP contribution is 2.40. The van der Waals surface area contributed by atoms with Crippen LogP contribution in [0.4, 0.5) is 17.6 Å². The van der Waals surface area contributed by atoms with Gasteiger partial charge in [0.1, 0.15) is 5.52 Å². The average Bonchev–Trinajstić information content (AvgIpc) is 3.18. The van der Waals surface area contributed by atoms with Crippen LogP contribution < -0.4 is 16.4 Å². The Labute approximate surface area is 223 Å². The summed E-state index contributed by atoms with van der Waals surface area (Å²) in [6.07, 6.45) is 7.65. The first-order valence-electron chi connectivity index (χ1n) is 12.2. The van der Waals surface area contributed by atoms with E-state index in [1.165, 1.54) is 0 Å². The lowest BCUT2D eigenvalue weighted by Crippen LogP contribution is -2.30. The van der Waals surface area contributed by atoms with Crippen molar-refractivity contribution in [2.24, 2.45) is 11.7 Å². The number of primary amides is 1. The number of nitrogens with one attached hydrogen (secondary N) is 2. The van der Waals surface area contributed by atoms with Crippen molar-refractivity contribution in [1.82, 2.24) is 19.5 Å². The van der Waals surface area contributed by atoms with Gasteiger partial charge >= 0.3 is 0 Å². The van der Waals surface area contributed by atoms with E-state index >= 15 is 0 Å². The first-order chi connectivity index (χ1) is 17.3. The Hall–Kier alpha value is -2.33. The summed E-state index contributed by atoms with van der Waals surface area (Å²) in [5, 5.41) is 17.9. The van der Waals surface area contributed by atoms with Crippen LogP contribution in [0.3, 0.4) is 0 Å². The third kappa shape index (κ3) is 5.34. The number of anilines is 3. The molecule has 0 bridgehead atoms. The number of hydrogen-bond donors (Lipinski definition) is 4. The fraction of sp³-hybridized carbons (Fsp3) is 0.500. The molecule has 0 unspecified atom stereocenters. The van der Waals surface area contributed by atoms with Gasteiger partial charge in [-0.05, 0) is 63.5 Å². The number of fused-ring (bicyclic) bond motifs is 1. The van der Waals surface area contributed by atoms with Crippen LogP contribution in [0.2, 0.25) is 15.1 Å². The number of carbonyl (C=O) groups is 1. The molecule has 2 heterocycles. The van der Waals surface area contributed by atoms with Crippen molar-refractivity contribution in [2.45, 2.75) is 69.6 Å². The lowest BCUT2D eigenvalue weighted by atomic mass is 9.85. The van der Waals surface area contributed by atoms with Gasteiger partial charge in [0.2, 0.25) is 17.8 Å². The first-order valence-corrected chi connectivity index (χ1v) is 13.3. The van der Waals surface area contributed by atoms with Gasteiger partial charge in [0.05, 0.1) is 28.0 Å². The fourth-order valence-corrected chi connectivity index (χ4v) is 6.18. The van der Waals surface area contributed by atoms with Gasteiger partial charge in [-0.15, -0.1) is 0 Å². The van der Waals surface area contributed by atoms with E-state index in [9.17, 15) is 9.90 Å². The molecule has 0 aliphatic heterocycles. The Morgan fingerprint density at radius 1 is 1.06 bits per heavy atom. The molecule has 2 saturated carbocycles. The lowest BCUT2D eigenvalue weighted by molar-refractivity contribution is -0.122. The number of nitrogens with two attached hydrogens (primary N) is 1.